The predicted molar refractivity (Wildman–Crippen MR) is 250 cm³/mol. The molecule has 8 aromatic carbocycles. The normalized spacial score (nSPS) is 12.2. The second-order valence-corrected chi connectivity index (χ2v) is 14.6. The van der Waals surface area contributed by atoms with Gasteiger partial charge < -0.3 is 0 Å². The van der Waals surface area contributed by atoms with Crippen molar-refractivity contribution in [2.75, 3.05) is 0 Å². The van der Waals surface area contributed by atoms with E-state index in [1.54, 1.807) is 0 Å². The third kappa shape index (κ3) is 5.73. The number of nitrogens with zero attached hydrogens (tertiary/aromatic N) is 2. The monoisotopic (exact) mass is 700 g/mol. The van der Waals surface area contributed by atoms with Crippen molar-refractivity contribution in [3.8, 4) is 39.1 Å². The largest absolute Gasteiger partial charge is 0.296 e. The molecule has 0 spiro atoms. The molecule has 0 aliphatic carbocycles. The molecular weight excluding hydrogens is 677 g/mol. The lowest BCUT2D eigenvalue weighted by molar-refractivity contribution is 0.758. The Morgan fingerprint density at radius 2 is 0.842 bits per heavy atom. The summed E-state index contributed by atoms with van der Waals surface area (Å²) in [6.45, 7) is 0. The lowest BCUT2D eigenvalue weighted by Crippen LogP contribution is -2.55. The van der Waals surface area contributed by atoms with E-state index in [-0.39, 0.29) is 22.2 Å². The Labute approximate surface area is 345 Å². The number of rotatable bonds is 6. The second-order valence-electron chi connectivity index (χ2n) is 14.6. The first-order valence-electron chi connectivity index (χ1n) is 18.3. The van der Waals surface area contributed by atoms with E-state index in [9.17, 15) is 0 Å². The summed E-state index contributed by atoms with van der Waals surface area (Å²) in [6.07, 6.45) is 0. The van der Waals surface area contributed by atoms with Gasteiger partial charge in [0.1, 0.15) is 45.1 Å². The zero-order valence-corrected chi connectivity index (χ0v) is 30.9. The molecule has 9 rings (SSSR count). The molecule has 20 radical (unpaired) electrons. The standard InChI is InChI=1S/C45H22B10N2/c46-38-36(39(47)41(49)42(50)40(38)48)24-19-17-23(18-20-24)35-27-11-3-5-13-29(27)37(30-14-6-4-12-28(30)35)31-21-22-33(26-10-2-1-9-25(26)31)57-34-16-8-7-15-32(34)56-43(57)44(51,52)45(53,54)55/h1-22H. The summed E-state index contributed by atoms with van der Waals surface area (Å²) in [4.78, 5) is 4.82. The first kappa shape index (κ1) is 37.2. The van der Waals surface area contributed by atoms with Crippen molar-refractivity contribution >= 4 is 149 Å². The van der Waals surface area contributed by atoms with Crippen molar-refractivity contribution in [2.24, 2.45) is 0 Å². The summed E-state index contributed by atoms with van der Waals surface area (Å²) >= 11 is 0. The van der Waals surface area contributed by atoms with E-state index in [2.05, 4.69) is 84.9 Å². The highest BCUT2D eigenvalue weighted by atomic mass is 15.1. The lowest BCUT2D eigenvalue weighted by atomic mass is 9.23. The van der Waals surface area contributed by atoms with Crippen molar-refractivity contribution < 1.29 is 0 Å². The number of benzene rings is 8. The first-order valence-corrected chi connectivity index (χ1v) is 18.3. The van der Waals surface area contributed by atoms with Crippen molar-refractivity contribution in [3.63, 3.8) is 0 Å². The van der Waals surface area contributed by atoms with Gasteiger partial charge in [0.15, 0.2) is 0 Å². The van der Waals surface area contributed by atoms with E-state index in [0.29, 0.717) is 22.0 Å². The summed E-state index contributed by atoms with van der Waals surface area (Å²) in [5.41, 5.74) is 8.96. The number of hydrogen-bond acceptors (Lipinski definition) is 1. The Balaban J connectivity index is 1.28. The molecule has 0 saturated carbocycles. The molecule has 0 N–H and O–H groups in total. The van der Waals surface area contributed by atoms with E-state index in [4.69, 9.17) is 83.4 Å². The van der Waals surface area contributed by atoms with Gasteiger partial charge in [0, 0.05) is 5.39 Å². The zero-order valence-electron chi connectivity index (χ0n) is 30.9. The van der Waals surface area contributed by atoms with Crippen LogP contribution in [0.15, 0.2) is 133 Å². The molecule has 0 unspecified atom stereocenters. The van der Waals surface area contributed by atoms with Crippen LogP contribution in [0.3, 0.4) is 0 Å². The Morgan fingerprint density at radius 3 is 1.39 bits per heavy atom. The highest BCUT2D eigenvalue weighted by Crippen LogP contribution is 2.47. The highest BCUT2D eigenvalue weighted by Gasteiger charge is 2.37. The van der Waals surface area contributed by atoms with Crippen LogP contribution in [-0.2, 0) is 5.21 Å². The SMILES string of the molecule is [B]c1c([B])c([B])c(-c2ccc(-c3c4ccccc4c(-c4ccc(-n5c(C([B])([B])C([B])([B])[B])nc6ccccc65)c5ccccc45)c4ccccc34)cc2)c([B])c1[B]. The smallest absolute Gasteiger partial charge is 0.113 e. The third-order valence-electron chi connectivity index (χ3n) is 11.2. The second kappa shape index (κ2) is 13.7. The van der Waals surface area contributed by atoms with Crippen LogP contribution in [0.25, 0.3) is 82.4 Å². The van der Waals surface area contributed by atoms with Gasteiger partial charge in [0.05, 0.1) is 56.0 Å². The van der Waals surface area contributed by atoms with Crippen LogP contribution in [0.5, 0.6) is 0 Å². The topological polar surface area (TPSA) is 17.8 Å². The summed E-state index contributed by atoms with van der Waals surface area (Å²) < 4.78 is 1.90. The fourth-order valence-electron chi connectivity index (χ4n) is 8.13. The quantitative estimate of drug-likeness (QED) is 0.192. The van der Waals surface area contributed by atoms with Crippen LogP contribution in [0.1, 0.15) is 5.82 Å². The minimum Gasteiger partial charge on any atom is -0.296 e. The van der Waals surface area contributed by atoms with E-state index in [1.807, 2.05) is 53.1 Å². The number of para-hydroxylation sites is 2. The summed E-state index contributed by atoms with van der Waals surface area (Å²) in [6, 6.07) is 45.1. The molecule has 57 heavy (non-hydrogen) atoms. The summed E-state index contributed by atoms with van der Waals surface area (Å²) in [5.74, 6) is 0.231. The van der Waals surface area contributed by atoms with Crippen LogP contribution >= 0.6 is 0 Å². The molecule has 2 nitrogen and oxygen atoms in total. The van der Waals surface area contributed by atoms with Crippen LogP contribution in [0.2, 0.25) is 5.11 Å². The van der Waals surface area contributed by atoms with Crippen molar-refractivity contribution in [2.45, 2.75) is 10.3 Å². The third-order valence-corrected chi connectivity index (χ3v) is 11.2. The van der Waals surface area contributed by atoms with Gasteiger partial charge in [-0.3, -0.25) is 4.57 Å². The first-order chi connectivity index (χ1) is 27.3. The fraction of sp³-hybridized carbons (Fsp3) is 0.0444. The van der Waals surface area contributed by atoms with Gasteiger partial charge in [-0.2, -0.15) is 0 Å². The molecular formula is C45H22B10N2. The van der Waals surface area contributed by atoms with E-state index in [0.717, 1.165) is 71.3 Å². The lowest BCUT2D eigenvalue weighted by Gasteiger charge is -2.41. The predicted octanol–water partition coefficient (Wildman–Crippen LogP) is 3.52. The molecule has 242 valence electrons. The molecule has 9 aromatic rings. The van der Waals surface area contributed by atoms with Crippen molar-refractivity contribution in [3.05, 3.63) is 139 Å². The molecule has 1 aromatic heterocycles. The number of fused-ring (bicyclic) bond motifs is 4. The van der Waals surface area contributed by atoms with Gasteiger partial charge in [0.25, 0.3) is 0 Å². The van der Waals surface area contributed by atoms with Crippen LogP contribution < -0.4 is 27.3 Å². The molecule has 1 heterocycles. The fourth-order valence-corrected chi connectivity index (χ4v) is 8.13. The van der Waals surface area contributed by atoms with E-state index in [1.165, 1.54) is 0 Å². The van der Waals surface area contributed by atoms with Gasteiger partial charge in [0.2, 0.25) is 0 Å². The van der Waals surface area contributed by atoms with Crippen molar-refractivity contribution in [1.82, 2.24) is 9.55 Å². The van der Waals surface area contributed by atoms with E-state index >= 15 is 0 Å². The Morgan fingerprint density at radius 1 is 0.404 bits per heavy atom. The minimum atomic E-state index is -1.99. The van der Waals surface area contributed by atoms with Gasteiger partial charge in [-0.05, 0) is 78.5 Å². The summed E-state index contributed by atoms with van der Waals surface area (Å²) in [5, 5.41) is 2.37. The Bertz CT molecular complexity index is 3010. The highest BCUT2D eigenvalue weighted by molar-refractivity contribution is 6.69. The average molecular weight is 699 g/mol. The number of imidazole rings is 1. The molecule has 0 amide bonds. The average Bonchev–Trinajstić information content (AvgIpc) is 3.61. The number of aromatic nitrogens is 2. The molecule has 0 saturated heterocycles. The molecule has 0 aliphatic heterocycles. The van der Waals surface area contributed by atoms with Gasteiger partial charge in [-0.25, -0.2) is 4.98 Å². The molecule has 0 atom stereocenters. The molecule has 12 heteroatoms. The zero-order chi connectivity index (χ0) is 40.0. The van der Waals surface area contributed by atoms with Gasteiger partial charge in [-0.1, -0.05) is 131 Å². The Kier molecular flexibility index (Phi) is 8.92. The maximum Gasteiger partial charge on any atom is 0.113 e. The van der Waals surface area contributed by atoms with Gasteiger partial charge >= 0.3 is 0 Å². The van der Waals surface area contributed by atoms with Crippen molar-refractivity contribution in [1.29, 1.82) is 0 Å². The molecule has 0 bridgehead atoms. The summed E-state index contributed by atoms with van der Waals surface area (Å²) in [7, 11) is 63.1. The molecule has 0 fully saturated rings. The van der Waals surface area contributed by atoms with Crippen LogP contribution in [-0.4, -0.2) is 88.0 Å². The minimum absolute atomic E-state index is 0.180. The van der Waals surface area contributed by atoms with E-state index < -0.39 is 10.3 Å². The Hall–Kier alpha value is -5.34. The molecule has 0 aliphatic rings. The van der Waals surface area contributed by atoms with Crippen LogP contribution in [0, 0.1) is 0 Å². The van der Waals surface area contributed by atoms with Gasteiger partial charge in [-0.15, -0.1) is 21.5 Å². The maximum absolute atomic E-state index is 6.63. The maximum atomic E-state index is 6.63. The number of hydrogen-bond donors (Lipinski definition) is 0. The van der Waals surface area contributed by atoms with Crippen LogP contribution in [0.4, 0.5) is 0 Å².